The van der Waals surface area contributed by atoms with Gasteiger partial charge in [0.05, 0.1) is 23.8 Å². The van der Waals surface area contributed by atoms with Crippen LogP contribution in [0.25, 0.3) is 0 Å². The zero-order valence-electron chi connectivity index (χ0n) is 28.1. The number of aliphatic hydroxyl groups is 6. The maximum absolute atomic E-state index is 14.1. The monoisotopic (exact) mass is 720 g/mol. The third-order valence-electron chi connectivity index (χ3n) is 9.16. The van der Waals surface area contributed by atoms with Gasteiger partial charge in [-0.3, -0.25) is 24.5 Å². The minimum Gasteiger partial charge on any atom is -0.395 e. The lowest BCUT2D eigenvalue weighted by Crippen LogP contribution is -2.60. The van der Waals surface area contributed by atoms with Gasteiger partial charge in [0.1, 0.15) is 18.3 Å². The number of rotatable bonds is 13. The molecule has 276 valence electrons. The average Bonchev–Trinajstić information content (AvgIpc) is 3.34. The van der Waals surface area contributed by atoms with Crippen LogP contribution in [-0.2, 0) is 37.8 Å². The summed E-state index contributed by atoms with van der Waals surface area (Å²) in [6, 6.07) is 19.1. The summed E-state index contributed by atoms with van der Waals surface area (Å²) in [5.74, 6) is -2.98. The molecule has 16 heteroatoms. The predicted molar refractivity (Wildman–Crippen MR) is 184 cm³/mol. The van der Waals surface area contributed by atoms with E-state index < -0.39 is 59.0 Å². The van der Waals surface area contributed by atoms with Crippen molar-refractivity contribution in [3.63, 3.8) is 0 Å². The molecule has 52 heavy (non-hydrogen) atoms. The van der Waals surface area contributed by atoms with E-state index in [1.165, 1.54) is 46.2 Å². The summed E-state index contributed by atoms with van der Waals surface area (Å²) in [6.07, 6.45) is -6.26. The van der Waals surface area contributed by atoms with Gasteiger partial charge in [0.25, 0.3) is 17.5 Å². The van der Waals surface area contributed by atoms with Crippen molar-refractivity contribution in [1.29, 1.82) is 0 Å². The van der Waals surface area contributed by atoms with E-state index in [4.69, 9.17) is 4.74 Å². The highest BCUT2D eigenvalue weighted by molar-refractivity contribution is 6.07. The van der Waals surface area contributed by atoms with Gasteiger partial charge in [-0.05, 0) is 29.3 Å². The molecule has 2 aliphatic heterocycles. The number of hydrogen-bond donors (Lipinski definition) is 7. The molecular formula is C36H40N4O12. The first kappa shape index (κ1) is 38.2. The van der Waals surface area contributed by atoms with Crippen molar-refractivity contribution in [2.24, 2.45) is 5.92 Å². The molecule has 1 saturated heterocycles. The predicted octanol–water partition coefficient (Wildman–Crippen LogP) is 0.671. The molecule has 3 aromatic rings. The first-order valence-electron chi connectivity index (χ1n) is 16.5. The number of hydrogen-bond acceptors (Lipinski definition) is 12. The smallest absolute Gasteiger partial charge is 0.269 e. The minimum absolute atomic E-state index is 0.00615. The lowest BCUT2D eigenvalue weighted by atomic mass is 9.82. The molecule has 7 atom stereocenters. The molecule has 5 rings (SSSR count). The maximum atomic E-state index is 14.1. The van der Waals surface area contributed by atoms with E-state index in [0.717, 1.165) is 11.6 Å². The topological polar surface area (TPSA) is 243 Å². The van der Waals surface area contributed by atoms with Gasteiger partial charge >= 0.3 is 0 Å². The Bertz CT molecular complexity index is 1820. The number of anilines is 2. The molecule has 16 nitrogen and oxygen atoms in total. The van der Waals surface area contributed by atoms with Crippen LogP contribution >= 0.6 is 0 Å². The standard InChI is InChI=1S/C36H40N4O12/c1-21(7-5-12-28(42)38(15-16-41)19-22-8-3-2-4-9-22)36(49)26-18-25(40(50)51)13-14-27(26)39(35(36)48)20-23-10-6-11-24(17-23)37-33(46)32-30(44)29(43)31(45)34(47)52-32/h2-11,13-14,17-18,21,29-32,34,41,43-45,47,49H,12,15-16,19-20H2,1H3,(H,37,46)/b7-5+/t21-,29+,30+,31-,32+,34-,36+/m1/s1. The van der Waals surface area contributed by atoms with Crippen molar-refractivity contribution in [2.45, 2.75) is 62.7 Å². The highest BCUT2D eigenvalue weighted by Gasteiger charge is 2.53. The number of nitrogens with one attached hydrogen (secondary N) is 1. The lowest BCUT2D eigenvalue weighted by Gasteiger charge is -2.37. The Hall–Kier alpha value is -5.07. The third-order valence-corrected chi connectivity index (χ3v) is 9.16. The fourth-order valence-electron chi connectivity index (χ4n) is 6.28. The van der Waals surface area contributed by atoms with Crippen molar-refractivity contribution in [2.75, 3.05) is 23.4 Å². The van der Waals surface area contributed by atoms with Crippen LogP contribution < -0.4 is 10.2 Å². The van der Waals surface area contributed by atoms with Crippen molar-refractivity contribution >= 4 is 34.8 Å². The molecule has 0 radical (unpaired) electrons. The quantitative estimate of drug-likeness (QED) is 0.0732. The summed E-state index contributed by atoms with van der Waals surface area (Å²) < 4.78 is 4.98. The van der Waals surface area contributed by atoms with E-state index in [9.17, 15) is 55.1 Å². The molecule has 2 aliphatic rings. The average molecular weight is 721 g/mol. The molecule has 2 heterocycles. The van der Waals surface area contributed by atoms with E-state index in [0.29, 0.717) is 5.56 Å². The Morgan fingerprint density at radius 1 is 1.02 bits per heavy atom. The highest BCUT2D eigenvalue weighted by Crippen LogP contribution is 2.47. The van der Waals surface area contributed by atoms with Crippen molar-refractivity contribution in [1.82, 2.24) is 4.90 Å². The fraction of sp³-hybridized carbons (Fsp3) is 0.361. The summed E-state index contributed by atoms with van der Waals surface area (Å²) in [5.41, 5.74) is -0.898. The summed E-state index contributed by atoms with van der Waals surface area (Å²) in [4.78, 5) is 53.8. The molecule has 3 aromatic carbocycles. The lowest BCUT2D eigenvalue weighted by molar-refractivity contribution is -0.385. The highest BCUT2D eigenvalue weighted by atomic mass is 16.6. The number of nitrogens with zero attached hydrogens (tertiary/aromatic N) is 3. The van der Waals surface area contributed by atoms with Gasteiger partial charge in [-0.1, -0.05) is 61.5 Å². The second kappa shape index (κ2) is 16.1. The first-order valence-corrected chi connectivity index (χ1v) is 16.5. The first-order chi connectivity index (χ1) is 24.8. The van der Waals surface area contributed by atoms with E-state index in [-0.39, 0.29) is 61.2 Å². The maximum Gasteiger partial charge on any atom is 0.269 e. The number of amides is 3. The van der Waals surface area contributed by atoms with Crippen LogP contribution in [0.1, 0.15) is 30.0 Å². The summed E-state index contributed by atoms with van der Waals surface area (Å²) in [6.45, 7) is 1.53. The number of fused-ring (bicyclic) bond motifs is 1. The SMILES string of the molecule is C[C@H](/C=C/CC(=O)N(CCO)Cc1ccccc1)[C@@]1(O)C(=O)N(Cc2cccc(NC(=O)[C@H]3O[C@@H](O)[C@H](O)[C@@H](O)[C@@H]3O)c2)c2ccc([N+](=O)[O-])cc21. The molecule has 0 bridgehead atoms. The van der Waals surface area contributed by atoms with Crippen molar-refractivity contribution in [3.05, 3.63) is 112 Å². The molecule has 1 fully saturated rings. The third kappa shape index (κ3) is 7.88. The van der Waals surface area contributed by atoms with Crippen LogP contribution in [-0.4, -0.2) is 102 Å². The van der Waals surface area contributed by atoms with E-state index in [1.54, 1.807) is 19.1 Å². The molecule has 0 spiro atoms. The summed E-state index contributed by atoms with van der Waals surface area (Å²) in [7, 11) is 0. The van der Waals surface area contributed by atoms with E-state index >= 15 is 0 Å². The number of nitro groups is 1. The van der Waals surface area contributed by atoms with Gasteiger partial charge in [0.2, 0.25) is 5.91 Å². The molecule has 0 aliphatic carbocycles. The summed E-state index contributed by atoms with van der Waals surface area (Å²) in [5, 5.41) is 75.4. The molecular weight excluding hydrogens is 680 g/mol. The van der Waals surface area contributed by atoms with Gasteiger partial charge in [-0.2, -0.15) is 0 Å². The second-order valence-electron chi connectivity index (χ2n) is 12.7. The molecule has 0 unspecified atom stereocenters. The van der Waals surface area contributed by atoms with Gasteiger partial charge in [-0.25, -0.2) is 0 Å². The molecule has 3 amide bonds. The summed E-state index contributed by atoms with van der Waals surface area (Å²) >= 11 is 0. The number of carbonyl (C=O) groups is 3. The van der Waals surface area contributed by atoms with Crippen molar-refractivity contribution in [3.8, 4) is 0 Å². The van der Waals surface area contributed by atoms with Gasteiger partial charge in [0, 0.05) is 48.8 Å². The zero-order valence-corrected chi connectivity index (χ0v) is 28.1. The van der Waals surface area contributed by atoms with Crippen molar-refractivity contribution < 1.29 is 54.7 Å². The normalized spacial score (nSPS) is 24.8. The van der Waals surface area contributed by atoms with Gasteiger partial charge < -0.3 is 50.5 Å². The Balaban J connectivity index is 1.34. The number of benzene rings is 3. The fourth-order valence-corrected chi connectivity index (χ4v) is 6.28. The van der Waals surface area contributed by atoms with Crippen LogP contribution in [0.5, 0.6) is 0 Å². The Labute approximate surface area is 297 Å². The largest absolute Gasteiger partial charge is 0.395 e. The van der Waals surface area contributed by atoms with Gasteiger partial charge in [0.15, 0.2) is 18.0 Å². The number of ether oxygens (including phenoxy) is 1. The Morgan fingerprint density at radius 3 is 2.42 bits per heavy atom. The van der Waals surface area contributed by atoms with Crippen LogP contribution in [0.4, 0.5) is 17.1 Å². The molecule has 7 N–H and O–H groups in total. The number of nitro benzene ring substituents is 1. The Morgan fingerprint density at radius 2 is 1.73 bits per heavy atom. The minimum atomic E-state index is -2.26. The number of aliphatic hydroxyl groups excluding tert-OH is 5. The van der Waals surface area contributed by atoms with E-state index in [2.05, 4.69) is 5.32 Å². The van der Waals surface area contributed by atoms with E-state index in [1.807, 2.05) is 30.3 Å². The van der Waals surface area contributed by atoms with Crippen LogP contribution in [0.15, 0.2) is 84.9 Å². The zero-order chi connectivity index (χ0) is 37.7. The van der Waals surface area contributed by atoms with Gasteiger partial charge in [-0.15, -0.1) is 0 Å². The van der Waals surface area contributed by atoms with Crippen LogP contribution in [0.2, 0.25) is 0 Å². The molecule has 0 saturated carbocycles. The molecule has 0 aromatic heterocycles. The Kier molecular flexibility index (Phi) is 11.8. The number of carbonyl (C=O) groups excluding carboxylic acids is 3. The number of non-ortho nitro benzene ring substituents is 1. The van der Waals surface area contributed by atoms with Crippen LogP contribution in [0, 0.1) is 16.0 Å². The van der Waals surface area contributed by atoms with Crippen LogP contribution in [0.3, 0.4) is 0 Å². The second-order valence-corrected chi connectivity index (χ2v) is 12.7.